The number of carbonyl (C=O) groups excluding carboxylic acids is 1. The smallest absolute Gasteiger partial charge is 0.377 e. The number of hydrogen-bond acceptors (Lipinski definition) is 4. The Balaban J connectivity index is 1.60. The van der Waals surface area contributed by atoms with Crippen molar-refractivity contribution in [2.24, 2.45) is 0 Å². The van der Waals surface area contributed by atoms with Crippen molar-refractivity contribution in [3.05, 3.63) is 69.3 Å². The lowest BCUT2D eigenvalue weighted by Gasteiger charge is -2.33. The first-order valence-corrected chi connectivity index (χ1v) is 9.91. The van der Waals surface area contributed by atoms with E-state index < -0.39 is 34.1 Å². The van der Waals surface area contributed by atoms with Crippen LogP contribution in [0.2, 0.25) is 0 Å². The van der Waals surface area contributed by atoms with E-state index in [0.29, 0.717) is 24.5 Å². The van der Waals surface area contributed by atoms with Gasteiger partial charge in [-0.05, 0) is 42.7 Å². The van der Waals surface area contributed by atoms with Crippen LogP contribution >= 0.6 is 0 Å². The summed E-state index contributed by atoms with van der Waals surface area (Å²) in [4.78, 5) is 24.2. The molecule has 0 aliphatic carbocycles. The van der Waals surface area contributed by atoms with Gasteiger partial charge in [0.25, 0.3) is 0 Å². The molecule has 1 heterocycles. The molecule has 0 spiro atoms. The highest BCUT2D eigenvalue weighted by Gasteiger charge is 2.40. The fourth-order valence-corrected chi connectivity index (χ4v) is 3.68. The molecule has 0 unspecified atom stereocenters. The first-order chi connectivity index (χ1) is 15.4. The molecular formula is C21H19F6N3O3. The minimum absolute atomic E-state index is 0.0880. The molecule has 6 nitrogen and oxygen atoms in total. The van der Waals surface area contributed by atoms with Gasteiger partial charge in [0.05, 0.1) is 16.9 Å². The molecule has 0 saturated carbocycles. The lowest BCUT2D eigenvalue weighted by atomic mass is 10.0. The van der Waals surface area contributed by atoms with E-state index >= 15 is 0 Å². The standard InChI is InChI=1S/C21H19F6N3O3/c22-20(23,24)14-6-4-13(5-7-14)12-18(31)29-10-8-15(9-11-29)28-17-3-1-2-16(21(25,26)27)19(17)30(32)33/h1-7,15,28H,8-12H2. The number of nitrogens with one attached hydrogen (secondary N) is 1. The van der Waals surface area contributed by atoms with E-state index in [2.05, 4.69) is 5.32 Å². The monoisotopic (exact) mass is 475 g/mol. The van der Waals surface area contributed by atoms with Crippen LogP contribution in [0.5, 0.6) is 0 Å². The number of nitrogens with zero attached hydrogens (tertiary/aromatic N) is 2. The van der Waals surface area contributed by atoms with Crippen LogP contribution < -0.4 is 5.32 Å². The third-order valence-corrected chi connectivity index (χ3v) is 5.37. The number of anilines is 1. The second kappa shape index (κ2) is 9.28. The second-order valence-corrected chi connectivity index (χ2v) is 7.63. The summed E-state index contributed by atoms with van der Waals surface area (Å²) in [7, 11) is 0. The number of rotatable bonds is 5. The molecule has 2 aromatic rings. The molecule has 1 aliphatic rings. The molecule has 0 atom stereocenters. The summed E-state index contributed by atoms with van der Waals surface area (Å²) in [5.41, 5.74) is -3.03. The van der Waals surface area contributed by atoms with Gasteiger partial charge in [-0.2, -0.15) is 26.3 Å². The number of amides is 1. The largest absolute Gasteiger partial charge is 0.423 e. The minimum atomic E-state index is -4.88. The average molecular weight is 475 g/mol. The quantitative estimate of drug-likeness (QED) is 0.363. The SMILES string of the molecule is O=C(Cc1ccc(C(F)(F)F)cc1)N1CCC(Nc2cccc(C(F)(F)F)c2[N+](=O)[O-])CC1. The lowest BCUT2D eigenvalue weighted by Crippen LogP contribution is -2.43. The van der Waals surface area contributed by atoms with Gasteiger partial charge in [0, 0.05) is 19.1 Å². The first kappa shape index (κ1) is 24.3. The van der Waals surface area contributed by atoms with Crippen molar-refractivity contribution in [1.29, 1.82) is 0 Å². The lowest BCUT2D eigenvalue weighted by molar-refractivity contribution is -0.387. The van der Waals surface area contributed by atoms with Gasteiger partial charge in [0.2, 0.25) is 5.91 Å². The van der Waals surface area contributed by atoms with Gasteiger partial charge in [-0.15, -0.1) is 0 Å². The van der Waals surface area contributed by atoms with Gasteiger partial charge < -0.3 is 10.2 Å². The highest BCUT2D eigenvalue weighted by molar-refractivity contribution is 5.79. The van der Waals surface area contributed by atoms with E-state index in [1.807, 2.05) is 0 Å². The fraction of sp³-hybridized carbons (Fsp3) is 0.381. The highest BCUT2D eigenvalue weighted by atomic mass is 19.4. The van der Waals surface area contributed by atoms with Gasteiger partial charge in [-0.25, -0.2) is 0 Å². The molecule has 0 aromatic heterocycles. The molecule has 2 aromatic carbocycles. The summed E-state index contributed by atoms with van der Waals surface area (Å²) in [6.45, 7) is 0.508. The third kappa shape index (κ3) is 5.93. The Bertz CT molecular complexity index is 1010. The summed E-state index contributed by atoms with van der Waals surface area (Å²) in [6, 6.07) is 6.83. The number of hydrogen-bond donors (Lipinski definition) is 1. The van der Waals surface area contributed by atoms with Gasteiger partial charge in [-0.3, -0.25) is 14.9 Å². The number of piperidine rings is 1. The van der Waals surface area contributed by atoms with Gasteiger partial charge in [-0.1, -0.05) is 18.2 Å². The molecule has 3 rings (SSSR count). The number of para-hydroxylation sites is 1. The Hall–Kier alpha value is -3.31. The maximum absolute atomic E-state index is 13.1. The summed E-state index contributed by atoms with van der Waals surface area (Å²) in [5.74, 6) is -0.293. The summed E-state index contributed by atoms with van der Waals surface area (Å²) in [6.07, 6.45) is -8.76. The zero-order valence-corrected chi connectivity index (χ0v) is 17.0. The van der Waals surface area contributed by atoms with Crippen LogP contribution in [0.15, 0.2) is 42.5 Å². The third-order valence-electron chi connectivity index (χ3n) is 5.37. The Morgan fingerprint density at radius 3 is 2.12 bits per heavy atom. The van der Waals surface area contributed by atoms with Crippen LogP contribution in [0.25, 0.3) is 0 Å². The zero-order valence-electron chi connectivity index (χ0n) is 17.0. The molecule has 1 aliphatic heterocycles. The predicted octanol–water partition coefficient (Wildman–Crippen LogP) is 5.28. The Morgan fingerprint density at radius 1 is 1.00 bits per heavy atom. The average Bonchev–Trinajstić information content (AvgIpc) is 2.73. The minimum Gasteiger partial charge on any atom is -0.377 e. The molecular weight excluding hydrogens is 456 g/mol. The number of nitro benzene ring substituents is 1. The molecule has 33 heavy (non-hydrogen) atoms. The molecule has 0 radical (unpaired) electrons. The number of carbonyl (C=O) groups is 1. The summed E-state index contributed by atoms with van der Waals surface area (Å²) in [5, 5.41) is 14.1. The molecule has 178 valence electrons. The molecule has 12 heteroatoms. The van der Waals surface area contributed by atoms with E-state index in [9.17, 15) is 41.3 Å². The van der Waals surface area contributed by atoms with E-state index in [0.717, 1.165) is 18.2 Å². The number of halogens is 6. The second-order valence-electron chi connectivity index (χ2n) is 7.63. The van der Waals surface area contributed by atoms with Crippen LogP contribution in [-0.2, 0) is 23.6 Å². The molecule has 1 N–H and O–H groups in total. The van der Waals surface area contributed by atoms with Crippen molar-refractivity contribution in [3.63, 3.8) is 0 Å². The van der Waals surface area contributed by atoms with Crippen molar-refractivity contribution in [2.75, 3.05) is 18.4 Å². The fourth-order valence-electron chi connectivity index (χ4n) is 3.68. The van der Waals surface area contributed by atoms with Crippen molar-refractivity contribution in [3.8, 4) is 0 Å². The van der Waals surface area contributed by atoms with Crippen molar-refractivity contribution < 1.29 is 36.1 Å². The van der Waals surface area contributed by atoms with Crippen LogP contribution in [-0.4, -0.2) is 34.9 Å². The van der Waals surface area contributed by atoms with Crippen molar-refractivity contribution in [2.45, 2.75) is 37.7 Å². The van der Waals surface area contributed by atoms with Crippen LogP contribution in [0.4, 0.5) is 37.7 Å². The normalized spacial score (nSPS) is 15.4. The van der Waals surface area contributed by atoms with Crippen LogP contribution in [0, 0.1) is 10.1 Å². The Labute approximate surface area is 184 Å². The van der Waals surface area contributed by atoms with Crippen LogP contribution in [0.1, 0.15) is 29.5 Å². The zero-order chi connectivity index (χ0) is 24.4. The van der Waals surface area contributed by atoms with E-state index in [4.69, 9.17) is 0 Å². The predicted molar refractivity (Wildman–Crippen MR) is 106 cm³/mol. The van der Waals surface area contributed by atoms with Gasteiger partial charge in [0.1, 0.15) is 11.3 Å². The van der Waals surface area contributed by atoms with Gasteiger partial charge in [0.15, 0.2) is 0 Å². The van der Waals surface area contributed by atoms with Crippen molar-refractivity contribution in [1.82, 2.24) is 4.90 Å². The Kier molecular flexibility index (Phi) is 6.84. The highest BCUT2D eigenvalue weighted by Crippen LogP contribution is 2.40. The molecule has 0 bridgehead atoms. The van der Waals surface area contributed by atoms with E-state index in [-0.39, 0.29) is 37.1 Å². The first-order valence-electron chi connectivity index (χ1n) is 9.91. The maximum Gasteiger partial charge on any atom is 0.423 e. The topological polar surface area (TPSA) is 75.5 Å². The number of benzene rings is 2. The molecule has 1 fully saturated rings. The number of alkyl halides is 6. The molecule has 1 amide bonds. The van der Waals surface area contributed by atoms with Gasteiger partial charge >= 0.3 is 18.0 Å². The Morgan fingerprint density at radius 2 is 1.61 bits per heavy atom. The van der Waals surface area contributed by atoms with E-state index in [1.165, 1.54) is 23.1 Å². The van der Waals surface area contributed by atoms with Crippen molar-refractivity contribution >= 4 is 17.3 Å². The molecule has 1 saturated heterocycles. The summed E-state index contributed by atoms with van der Waals surface area (Å²) >= 11 is 0. The van der Waals surface area contributed by atoms with E-state index in [1.54, 1.807) is 0 Å². The summed E-state index contributed by atoms with van der Waals surface area (Å²) < 4.78 is 77.3. The maximum atomic E-state index is 13.1. The number of nitro groups is 1. The number of likely N-dealkylation sites (tertiary alicyclic amines) is 1. The van der Waals surface area contributed by atoms with Crippen LogP contribution in [0.3, 0.4) is 0 Å².